The van der Waals surface area contributed by atoms with Crippen molar-refractivity contribution in [3.8, 4) is 0 Å². The van der Waals surface area contributed by atoms with Gasteiger partial charge in [-0.2, -0.15) is 0 Å². The second-order valence-electron chi connectivity index (χ2n) is 15.1. The highest BCUT2D eigenvalue weighted by molar-refractivity contribution is 5.94. The second kappa shape index (κ2) is 14.9. The molecule has 0 bridgehead atoms. The van der Waals surface area contributed by atoms with E-state index in [1.165, 1.54) is 59.8 Å². The van der Waals surface area contributed by atoms with Gasteiger partial charge in [-0.15, -0.1) is 0 Å². The number of nitrogens with one attached hydrogen (secondary N) is 1. The van der Waals surface area contributed by atoms with Crippen LogP contribution in [0.5, 0.6) is 0 Å². The third-order valence-electron chi connectivity index (χ3n) is 12.2. The van der Waals surface area contributed by atoms with Crippen LogP contribution in [0.15, 0.2) is 133 Å². The minimum atomic E-state index is 0.346. The minimum Gasteiger partial charge on any atom is -0.309 e. The van der Waals surface area contributed by atoms with E-state index in [1.807, 2.05) is 0 Å². The average Bonchev–Trinajstić information content (AvgIpc) is 3.18. The van der Waals surface area contributed by atoms with Crippen molar-refractivity contribution in [1.29, 1.82) is 0 Å². The van der Waals surface area contributed by atoms with Gasteiger partial charge in [-0.25, -0.2) is 0 Å². The molecule has 49 heavy (non-hydrogen) atoms. The Balaban J connectivity index is 1.29. The van der Waals surface area contributed by atoms with Crippen LogP contribution in [0, 0.1) is 23.7 Å². The van der Waals surface area contributed by atoms with Crippen LogP contribution in [0.3, 0.4) is 0 Å². The van der Waals surface area contributed by atoms with Crippen molar-refractivity contribution in [3.63, 3.8) is 0 Å². The zero-order valence-electron chi connectivity index (χ0n) is 29.4. The summed E-state index contributed by atoms with van der Waals surface area (Å²) in [4.78, 5) is 0. The van der Waals surface area contributed by atoms with Gasteiger partial charge in [0.1, 0.15) is 0 Å². The van der Waals surface area contributed by atoms with Gasteiger partial charge in [-0.3, -0.25) is 0 Å². The van der Waals surface area contributed by atoms with Crippen LogP contribution >= 0.6 is 0 Å². The second-order valence-corrected chi connectivity index (χ2v) is 15.1. The van der Waals surface area contributed by atoms with Crippen LogP contribution in [0.2, 0.25) is 0 Å². The first kappa shape index (κ1) is 32.3. The van der Waals surface area contributed by atoms with Crippen LogP contribution in [-0.4, -0.2) is 12.6 Å². The fourth-order valence-corrected chi connectivity index (χ4v) is 9.95. The highest BCUT2D eigenvalue weighted by Gasteiger charge is 2.32. The number of benzene rings is 2. The summed E-state index contributed by atoms with van der Waals surface area (Å²) in [5.74, 6) is 2.05. The third-order valence-corrected chi connectivity index (χ3v) is 12.2. The first-order valence-corrected chi connectivity index (χ1v) is 19.4. The maximum Gasteiger partial charge on any atom is 0.0239 e. The topological polar surface area (TPSA) is 12.0 Å². The summed E-state index contributed by atoms with van der Waals surface area (Å²) in [6.45, 7) is 3.09. The van der Waals surface area contributed by atoms with Crippen LogP contribution in [0.1, 0.15) is 77.6 Å². The van der Waals surface area contributed by atoms with Crippen molar-refractivity contribution in [2.45, 2.75) is 83.6 Å². The molecular formula is C48H53N. The molecule has 1 aliphatic heterocycles. The lowest BCUT2D eigenvalue weighted by Crippen LogP contribution is -2.44. The summed E-state index contributed by atoms with van der Waals surface area (Å²) in [6.07, 6.45) is 42.1. The number of allylic oxidation sites excluding steroid dienone is 10. The Hall–Kier alpha value is -3.94. The highest BCUT2D eigenvalue weighted by atomic mass is 14.9. The van der Waals surface area contributed by atoms with Gasteiger partial charge in [0.2, 0.25) is 0 Å². The predicted molar refractivity (Wildman–Crippen MR) is 209 cm³/mol. The average molecular weight is 644 g/mol. The summed E-state index contributed by atoms with van der Waals surface area (Å²) in [6, 6.07) is 19.3. The molecule has 1 nitrogen and oxygen atoms in total. The van der Waals surface area contributed by atoms with E-state index in [2.05, 4.69) is 134 Å². The Morgan fingerprint density at radius 3 is 2.35 bits per heavy atom. The van der Waals surface area contributed by atoms with Gasteiger partial charge >= 0.3 is 0 Å². The molecule has 8 rings (SSSR count). The van der Waals surface area contributed by atoms with Crippen molar-refractivity contribution < 1.29 is 0 Å². The lowest BCUT2D eigenvalue weighted by Gasteiger charge is -2.36. The van der Waals surface area contributed by atoms with Gasteiger partial charge in [0.15, 0.2) is 0 Å². The van der Waals surface area contributed by atoms with Gasteiger partial charge in [0.05, 0.1) is 0 Å². The number of hydrogen-bond donors (Lipinski definition) is 1. The molecule has 0 amide bonds. The fraction of sp³-hybridized carbons (Fsp3) is 0.375. The van der Waals surface area contributed by atoms with Crippen LogP contribution < -0.4 is 26.2 Å². The molecule has 0 saturated heterocycles. The molecule has 0 radical (unpaired) electrons. The van der Waals surface area contributed by atoms with Crippen LogP contribution in [0.4, 0.5) is 0 Å². The van der Waals surface area contributed by atoms with Gasteiger partial charge in [0.25, 0.3) is 0 Å². The van der Waals surface area contributed by atoms with E-state index in [4.69, 9.17) is 0 Å². The monoisotopic (exact) mass is 643 g/mol. The maximum absolute atomic E-state index is 3.88. The lowest BCUT2D eigenvalue weighted by atomic mass is 9.72. The summed E-state index contributed by atoms with van der Waals surface area (Å²) in [5.41, 5.74) is 9.51. The normalized spacial score (nSPS) is 27.4. The zero-order chi connectivity index (χ0) is 33.0. The summed E-state index contributed by atoms with van der Waals surface area (Å²) in [7, 11) is 0. The van der Waals surface area contributed by atoms with E-state index < -0.39 is 0 Å². The zero-order valence-corrected chi connectivity index (χ0v) is 29.4. The molecule has 1 fully saturated rings. The van der Waals surface area contributed by atoms with E-state index in [9.17, 15) is 0 Å². The standard InChI is InChI=1S/C48H53N/c1-2-3-6-21-38-33-46(37-23-15-22-36(32-37)40-28-16-31-49-48(40)35-19-9-5-10-20-35)43-26-13-14-27-44(43)47(38)45-30-29-39(34-17-7-4-8-18-34)41-24-11-12-25-42(41)45/h2-3,5-6,9-14,16,19,21-22,24-28,32,34-35,38,40,48-49H,4,7-8,15,17-18,20,23,29-31,33H2,1H3/b3-2-,21-6-. The van der Waals surface area contributed by atoms with E-state index in [0.29, 0.717) is 23.8 Å². The molecule has 6 aliphatic rings. The Bertz CT molecular complexity index is 2030. The highest BCUT2D eigenvalue weighted by Crippen LogP contribution is 2.41. The Labute approximate surface area is 294 Å². The van der Waals surface area contributed by atoms with Crippen LogP contribution in [0.25, 0.3) is 22.3 Å². The van der Waals surface area contributed by atoms with Crippen molar-refractivity contribution in [2.24, 2.45) is 23.7 Å². The Morgan fingerprint density at radius 2 is 1.55 bits per heavy atom. The number of rotatable bonds is 7. The van der Waals surface area contributed by atoms with Crippen molar-refractivity contribution in [3.05, 3.63) is 153 Å². The maximum atomic E-state index is 3.88. The molecule has 2 aromatic rings. The predicted octanol–water partition coefficient (Wildman–Crippen LogP) is 8.44. The quantitative estimate of drug-likeness (QED) is 0.236. The van der Waals surface area contributed by atoms with Crippen LogP contribution in [-0.2, 0) is 0 Å². The molecule has 1 heterocycles. The first-order valence-electron chi connectivity index (χ1n) is 19.4. The molecule has 4 atom stereocenters. The molecule has 250 valence electrons. The minimum absolute atomic E-state index is 0.346. The summed E-state index contributed by atoms with van der Waals surface area (Å²) < 4.78 is 0. The SMILES string of the molecule is C/C=C\C=C/C1CC(C2=CC(C3C=CCNC3C3C=CC=CC3)=CCC2)=c2ccccc2=C1C1=c2ccccc2=C(C2CCCCC2)CC1. The van der Waals surface area contributed by atoms with Crippen molar-refractivity contribution in [2.75, 3.05) is 6.54 Å². The first-order chi connectivity index (χ1) is 24.3. The van der Waals surface area contributed by atoms with E-state index in [0.717, 1.165) is 44.6 Å². The van der Waals surface area contributed by atoms with E-state index >= 15 is 0 Å². The van der Waals surface area contributed by atoms with E-state index in [1.54, 1.807) is 33.1 Å². The summed E-state index contributed by atoms with van der Waals surface area (Å²) >= 11 is 0. The fourth-order valence-electron chi connectivity index (χ4n) is 9.95. The molecule has 4 unspecified atom stereocenters. The number of fused-ring (bicyclic) bond motifs is 2. The van der Waals surface area contributed by atoms with Gasteiger partial charge in [-0.1, -0.05) is 146 Å². The van der Waals surface area contributed by atoms with Gasteiger partial charge in [0, 0.05) is 24.4 Å². The largest absolute Gasteiger partial charge is 0.309 e. The van der Waals surface area contributed by atoms with Crippen molar-refractivity contribution >= 4 is 22.3 Å². The smallest absolute Gasteiger partial charge is 0.0239 e. The van der Waals surface area contributed by atoms with E-state index in [-0.39, 0.29) is 0 Å². The summed E-state index contributed by atoms with van der Waals surface area (Å²) in [5, 5.41) is 9.85. The molecule has 5 aliphatic carbocycles. The van der Waals surface area contributed by atoms with Gasteiger partial charge < -0.3 is 5.32 Å². The molecule has 1 heteroatoms. The molecule has 0 aromatic heterocycles. The molecule has 1 saturated carbocycles. The molecule has 1 N–H and O–H groups in total. The number of hydrogen-bond acceptors (Lipinski definition) is 1. The Morgan fingerprint density at radius 1 is 0.755 bits per heavy atom. The third kappa shape index (κ3) is 6.55. The molecule has 2 aromatic carbocycles. The molecule has 0 spiro atoms. The molecular weight excluding hydrogens is 591 g/mol. The Kier molecular flexibility index (Phi) is 9.81. The van der Waals surface area contributed by atoms with Crippen molar-refractivity contribution in [1.82, 2.24) is 5.32 Å². The van der Waals surface area contributed by atoms with Gasteiger partial charge in [-0.05, 0) is 119 Å². The lowest BCUT2D eigenvalue weighted by molar-refractivity contribution is 0.357.